The first-order chi connectivity index (χ1) is 12.4. The molecule has 8 heteroatoms. The molecule has 0 aliphatic heterocycles. The minimum atomic E-state index is -0.565. The zero-order chi connectivity index (χ0) is 18.8. The fourth-order valence-corrected chi connectivity index (χ4v) is 2.70. The highest BCUT2D eigenvalue weighted by atomic mass is 16.6. The first-order valence-corrected chi connectivity index (χ1v) is 7.66. The van der Waals surface area contributed by atoms with Crippen LogP contribution < -0.4 is 5.32 Å². The Morgan fingerprint density at radius 1 is 1.27 bits per heavy atom. The molecule has 0 aliphatic rings. The Bertz CT molecular complexity index is 1040. The Kier molecular flexibility index (Phi) is 4.29. The standard InChI is InChI=1S/C18H14N4O4/c1-11-14(6-5-7-15(11)22(24)25)20-17(23)16-12(2)26-18(13(16)10-19)21-8-3-4-9-21/h3-9H,1-2H3,(H,20,23). The summed E-state index contributed by atoms with van der Waals surface area (Å²) in [6.07, 6.45) is 3.40. The first-order valence-electron chi connectivity index (χ1n) is 7.66. The molecule has 0 spiro atoms. The van der Waals surface area contributed by atoms with Gasteiger partial charge in [-0.1, -0.05) is 6.07 Å². The summed E-state index contributed by atoms with van der Waals surface area (Å²) < 4.78 is 7.20. The van der Waals surface area contributed by atoms with Crippen LogP contribution in [0.5, 0.6) is 0 Å². The lowest BCUT2D eigenvalue weighted by Gasteiger charge is -2.08. The largest absolute Gasteiger partial charge is 0.443 e. The third-order valence-electron chi connectivity index (χ3n) is 3.99. The summed E-state index contributed by atoms with van der Waals surface area (Å²) in [6.45, 7) is 3.13. The lowest BCUT2D eigenvalue weighted by atomic mass is 10.1. The van der Waals surface area contributed by atoms with Crippen molar-refractivity contribution in [2.45, 2.75) is 13.8 Å². The number of anilines is 1. The summed E-state index contributed by atoms with van der Waals surface area (Å²) in [7, 11) is 0. The number of amides is 1. The Hall–Kier alpha value is -3.86. The van der Waals surface area contributed by atoms with E-state index in [0.29, 0.717) is 11.3 Å². The van der Waals surface area contributed by atoms with Crippen LogP contribution in [0.15, 0.2) is 47.1 Å². The summed E-state index contributed by atoms with van der Waals surface area (Å²) in [4.78, 5) is 23.3. The number of rotatable bonds is 4. The van der Waals surface area contributed by atoms with E-state index in [1.54, 1.807) is 49.0 Å². The molecule has 0 bridgehead atoms. The zero-order valence-electron chi connectivity index (χ0n) is 14.0. The molecule has 0 fully saturated rings. The monoisotopic (exact) mass is 350 g/mol. The minimum absolute atomic E-state index is 0.0966. The van der Waals surface area contributed by atoms with Crippen molar-refractivity contribution in [1.29, 1.82) is 5.26 Å². The average Bonchev–Trinajstić information content (AvgIpc) is 3.23. The summed E-state index contributed by atoms with van der Waals surface area (Å²) >= 11 is 0. The van der Waals surface area contributed by atoms with Crippen molar-refractivity contribution in [3.05, 3.63) is 75.3 Å². The van der Waals surface area contributed by atoms with Gasteiger partial charge in [-0.2, -0.15) is 5.26 Å². The molecule has 0 atom stereocenters. The van der Waals surface area contributed by atoms with Crippen LogP contribution in [0.2, 0.25) is 0 Å². The van der Waals surface area contributed by atoms with Gasteiger partial charge in [-0.25, -0.2) is 0 Å². The molecule has 3 aromatic rings. The molecule has 2 aromatic heterocycles. The van der Waals surface area contributed by atoms with Crippen molar-refractivity contribution in [3.8, 4) is 12.0 Å². The van der Waals surface area contributed by atoms with Gasteiger partial charge in [-0.15, -0.1) is 0 Å². The predicted molar refractivity (Wildman–Crippen MR) is 93.3 cm³/mol. The Morgan fingerprint density at radius 3 is 2.58 bits per heavy atom. The number of hydrogen-bond acceptors (Lipinski definition) is 5. The van der Waals surface area contributed by atoms with Gasteiger partial charge in [0.1, 0.15) is 23.0 Å². The SMILES string of the molecule is Cc1oc(-n2cccc2)c(C#N)c1C(=O)Nc1cccc([N+](=O)[O-])c1C. The molecule has 8 nitrogen and oxygen atoms in total. The number of aromatic nitrogens is 1. The van der Waals surface area contributed by atoms with Crippen molar-refractivity contribution in [3.63, 3.8) is 0 Å². The second-order valence-electron chi connectivity index (χ2n) is 5.58. The minimum Gasteiger partial charge on any atom is -0.443 e. The van der Waals surface area contributed by atoms with Crippen molar-refractivity contribution in [1.82, 2.24) is 4.57 Å². The maximum Gasteiger partial charge on any atom is 0.274 e. The van der Waals surface area contributed by atoms with Gasteiger partial charge in [-0.05, 0) is 32.0 Å². The van der Waals surface area contributed by atoms with Gasteiger partial charge in [-0.3, -0.25) is 19.5 Å². The number of benzene rings is 1. The molecule has 0 unspecified atom stereocenters. The van der Waals surface area contributed by atoms with Gasteiger partial charge in [0.2, 0.25) is 5.88 Å². The average molecular weight is 350 g/mol. The highest BCUT2D eigenvalue weighted by Crippen LogP contribution is 2.29. The highest BCUT2D eigenvalue weighted by Gasteiger charge is 2.25. The molecule has 1 amide bonds. The van der Waals surface area contributed by atoms with Crippen LogP contribution in [0.1, 0.15) is 27.2 Å². The van der Waals surface area contributed by atoms with Gasteiger partial charge in [0.15, 0.2) is 0 Å². The molecule has 2 heterocycles. The molecule has 26 heavy (non-hydrogen) atoms. The fourth-order valence-electron chi connectivity index (χ4n) is 2.70. The predicted octanol–water partition coefficient (Wildman–Crippen LogP) is 3.72. The number of nitriles is 1. The molecule has 0 radical (unpaired) electrons. The molecular weight excluding hydrogens is 336 g/mol. The maximum atomic E-state index is 12.7. The molecule has 130 valence electrons. The Balaban J connectivity index is 2.01. The summed E-state index contributed by atoms with van der Waals surface area (Å²) in [5, 5.41) is 23.2. The van der Waals surface area contributed by atoms with Gasteiger partial charge < -0.3 is 9.73 Å². The third kappa shape index (κ3) is 2.82. The highest BCUT2D eigenvalue weighted by molar-refractivity contribution is 6.07. The lowest BCUT2D eigenvalue weighted by molar-refractivity contribution is -0.385. The number of furan rings is 1. The summed E-state index contributed by atoms with van der Waals surface area (Å²) in [6, 6.07) is 9.95. The van der Waals surface area contributed by atoms with Crippen LogP contribution in [0.3, 0.4) is 0 Å². The number of hydrogen-bond donors (Lipinski definition) is 1. The number of nitro benzene ring substituents is 1. The van der Waals surface area contributed by atoms with E-state index in [-0.39, 0.29) is 28.5 Å². The van der Waals surface area contributed by atoms with Gasteiger partial charge >= 0.3 is 0 Å². The smallest absolute Gasteiger partial charge is 0.274 e. The van der Waals surface area contributed by atoms with Crippen molar-refractivity contribution in [2.75, 3.05) is 5.32 Å². The molecule has 1 aromatic carbocycles. The number of aryl methyl sites for hydroxylation is 1. The van der Waals surface area contributed by atoms with Crippen molar-refractivity contribution < 1.29 is 14.1 Å². The normalized spacial score (nSPS) is 10.3. The van der Waals surface area contributed by atoms with Crippen LogP contribution in [-0.2, 0) is 0 Å². The number of carbonyl (C=O) groups excluding carboxylic acids is 1. The van der Waals surface area contributed by atoms with E-state index in [4.69, 9.17) is 4.42 Å². The maximum absolute atomic E-state index is 12.7. The van der Waals surface area contributed by atoms with Crippen molar-refractivity contribution in [2.24, 2.45) is 0 Å². The van der Waals surface area contributed by atoms with Crippen LogP contribution in [0, 0.1) is 35.3 Å². The van der Waals surface area contributed by atoms with Crippen LogP contribution in [0.4, 0.5) is 11.4 Å². The number of nitrogens with zero attached hydrogens (tertiary/aromatic N) is 3. The van der Waals surface area contributed by atoms with E-state index in [2.05, 4.69) is 5.32 Å². The third-order valence-corrected chi connectivity index (χ3v) is 3.99. The van der Waals surface area contributed by atoms with Gasteiger partial charge in [0.05, 0.1) is 16.2 Å². The van der Waals surface area contributed by atoms with E-state index in [1.165, 1.54) is 12.1 Å². The van der Waals surface area contributed by atoms with E-state index in [9.17, 15) is 20.2 Å². The molecule has 0 aliphatic carbocycles. The number of nitrogens with one attached hydrogen (secondary N) is 1. The zero-order valence-corrected chi connectivity index (χ0v) is 14.0. The van der Waals surface area contributed by atoms with E-state index in [1.807, 2.05) is 6.07 Å². The van der Waals surface area contributed by atoms with Crippen LogP contribution in [0.25, 0.3) is 5.88 Å². The second-order valence-corrected chi connectivity index (χ2v) is 5.58. The number of carbonyl (C=O) groups is 1. The fraction of sp³-hybridized carbons (Fsp3) is 0.111. The lowest BCUT2D eigenvalue weighted by Crippen LogP contribution is -2.15. The summed E-state index contributed by atoms with van der Waals surface area (Å²) in [5.41, 5.74) is 0.731. The van der Waals surface area contributed by atoms with Crippen LogP contribution >= 0.6 is 0 Å². The van der Waals surface area contributed by atoms with E-state index >= 15 is 0 Å². The summed E-state index contributed by atoms with van der Waals surface area (Å²) in [5.74, 6) is -0.0356. The number of nitro groups is 1. The molecular formula is C18H14N4O4. The second kappa shape index (κ2) is 6.57. The topological polar surface area (TPSA) is 114 Å². The Labute approximate surface area is 148 Å². The molecule has 0 saturated heterocycles. The van der Waals surface area contributed by atoms with Crippen molar-refractivity contribution >= 4 is 17.3 Å². The van der Waals surface area contributed by atoms with E-state index < -0.39 is 10.8 Å². The molecule has 1 N–H and O–H groups in total. The quantitative estimate of drug-likeness (QED) is 0.569. The van der Waals surface area contributed by atoms with Crippen LogP contribution in [-0.4, -0.2) is 15.4 Å². The van der Waals surface area contributed by atoms with Gasteiger partial charge in [0.25, 0.3) is 11.6 Å². The Morgan fingerprint density at radius 2 is 1.96 bits per heavy atom. The first kappa shape index (κ1) is 17.0. The molecule has 3 rings (SSSR count). The van der Waals surface area contributed by atoms with E-state index in [0.717, 1.165) is 0 Å². The van der Waals surface area contributed by atoms with Gasteiger partial charge in [0, 0.05) is 18.5 Å². The molecule has 0 saturated carbocycles.